The highest BCUT2D eigenvalue weighted by Crippen LogP contribution is 2.22. The summed E-state index contributed by atoms with van der Waals surface area (Å²) in [7, 11) is 0. The fourth-order valence-electron chi connectivity index (χ4n) is 2.24. The van der Waals surface area contributed by atoms with Crippen LogP contribution in [0.3, 0.4) is 0 Å². The predicted molar refractivity (Wildman–Crippen MR) is 118 cm³/mol. The predicted octanol–water partition coefficient (Wildman–Crippen LogP) is 5.06. The molecule has 1 aromatic carbocycles. The van der Waals surface area contributed by atoms with E-state index in [0.717, 1.165) is 28.9 Å². The van der Waals surface area contributed by atoms with Crippen LogP contribution in [0.5, 0.6) is 0 Å². The molecule has 0 spiro atoms. The molecule has 0 fully saturated rings. The van der Waals surface area contributed by atoms with E-state index in [1.54, 1.807) is 6.20 Å². The number of benzene rings is 1. The van der Waals surface area contributed by atoms with Gasteiger partial charge in [-0.1, -0.05) is 44.5 Å². The van der Waals surface area contributed by atoms with Crippen LogP contribution in [0.25, 0.3) is 0 Å². The molecule has 2 aromatic rings. The second-order valence-corrected chi connectivity index (χ2v) is 7.42. The second kappa shape index (κ2) is 10.2. The number of hydrogen-bond donors (Lipinski definition) is 2. The third-order valence-electron chi connectivity index (χ3n) is 3.73. The van der Waals surface area contributed by atoms with Gasteiger partial charge in [0.2, 0.25) is 5.89 Å². The molecule has 0 aliphatic rings. The van der Waals surface area contributed by atoms with Gasteiger partial charge in [-0.25, -0.2) is 9.98 Å². The highest BCUT2D eigenvalue weighted by atomic mass is 127. The van der Waals surface area contributed by atoms with Crippen molar-refractivity contribution in [2.75, 3.05) is 6.54 Å². The maximum atomic E-state index is 5.95. The molecular formula is C19H28ClIN4O. The molecule has 0 amide bonds. The number of oxazole rings is 1. The lowest BCUT2D eigenvalue weighted by Crippen LogP contribution is -2.38. The lowest BCUT2D eigenvalue weighted by atomic mass is 9.94. The van der Waals surface area contributed by atoms with Gasteiger partial charge in [-0.15, -0.1) is 24.0 Å². The molecular weight excluding hydrogens is 463 g/mol. The number of guanidine groups is 1. The first kappa shape index (κ1) is 22.8. The van der Waals surface area contributed by atoms with Crippen LogP contribution in [0.15, 0.2) is 39.9 Å². The van der Waals surface area contributed by atoms with Gasteiger partial charge in [0.25, 0.3) is 0 Å². The van der Waals surface area contributed by atoms with E-state index in [4.69, 9.17) is 16.0 Å². The van der Waals surface area contributed by atoms with Gasteiger partial charge in [-0.2, -0.15) is 0 Å². The van der Waals surface area contributed by atoms with Crippen molar-refractivity contribution in [3.05, 3.63) is 52.7 Å². The number of hydrogen-bond acceptors (Lipinski definition) is 3. The van der Waals surface area contributed by atoms with E-state index in [0.29, 0.717) is 12.4 Å². The summed E-state index contributed by atoms with van der Waals surface area (Å²) in [6.07, 6.45) is 1.78. The van der Waals surface area contributed by atoms with E-state index < -0.39 is 0 Å². The quantitative estimate of drug-likeness (QED) is 0.349. The van der Waals surface area contributed by atoms with Crippen molar-refractivity contribution in [1.29, 1.82) is 0 Å². The summed E-state index contributed by atoms with van der Waals surface area (Å²) in [5.41, 5.74) is 1.09. The number of aliphatic imine (C=N–C) groups is 1. The Labute approximate surface area is 178 Å². The SMILES string of the molecule is CCNC(=NCc1ncc(C(C)(C)C)o1)NC(C)c1ccc(Cl)cc1.I. The summed E-state index contributed by atoms with van der Waals surface area (Å²) in [4.78, 5) is 8.89. The Kier molecular flexibility index (Phi) is 8.89. The van der Waals surface area contributed by atoms with E-state index in [1.807, 2.05) is 31.2 Å². The Bertz CT molecular complexity index is 707. The summed E-state index contributed by atoms with van der Waals surface area (Å²) in [6.45, 7) is 11.6. The summed E-state index contributed by atoms with van der Waals surface area (Å²) < 4.78 is 5.79. The van der Waals surface area contributed by atoms with E-state index in [-0.39, 0.29) is 35.4 Å². The van der Waals surface area contributed by atoms with E-state index >= 15 is 0 Å². The van der Waals surface area contributed by atoms with Crippen LogP contribution in [-0.2, 0) is 12.0 Å². The zero-order chi connectivity index (χ0) is 18.4. The lowest BCUT2D eigenvalue weighted by Gasteiger charge is -2.18. The van der Waals surface area contributed by atoms with Gasteiger partial charge in [0, 0.05) is 17.0 Å². The molecule has 144 valence electrons. The normalized spacial score (nSPS) is 13.1. The molecule has 1 heterocycles. The first-order valence-corrected chi connectivity index (χ1v) is 8.93. The second-order valence-electron chi connectivity index (χ2n) is 6.98. The fourth-order valence-corrected chi connectivity index (χ4v) is 2.36. The van der Waals surface area contributed by atoms with Crippen LogP contribution in [0.4, 0.5) is 0 Å². The Morgan fingerprint density at radius 3 is 2.46 bits per heavy atom. The van der Waals surface area contributed by atoms with E-state index in [9.17, 15) is 0 Å². The molecule has 0 aliphatic heterocycles. The van der Waals surface area contributed by atoms with Crippen molar-refractivity contribution < 1.29 is 4.42 Å². The van der Waals surface area contributed by atoms with E-state index in [2.05, 4.69) is 48.3 Å². The van der Waals surface area contributed by atoms with Crippen LogP contribution < -0.4 is 10.6 Å². The van der Waals surface area contributed by atoms with E-state index in [1.165, 1.54) is 0 Å². The van der Waals surface area contributed by atoms with Crippen LogP contribution >= 0.6 is 35.6 Å². The van der Waals surface area contributed by atoms with Crippen LogP contribution in [0, 0.1) is 0 Å². The van der Waals surface area contributed by atoms with Crippen molar-refractivity contribution in [3.8, 4) is 0 Å². The molecule has 7 heteroatoms. The summed E-state index contributed by atoms with van der Waals surface area (Å²) >= 11 is 5.95. The molecule has 0 aliphatic carbocycles. The average molecular weight is 491 g/mol. The molecule has 1 atom stereocenters. The number of rotatable bonds is 5. The molecule has 26 heavy (non-hydrogen) atoms. The number of nitrogens with zero attached hydrogens (tertiary/aromatic N) is 2. The van der Waals surface area contributed by atoms with Gasteiger partial charge >= 0.3 is 0 Å². The molecule has 0 saturated carbocycles. The Morgan fingerprint density at radius 2 is 1.92 bits per heavy atom. The number of aromatic nitrogens is 1. The summed E-state index contributed by atoms with van der Waals surface area (Å²) in [6, 6.07) is 7.89. The van der Waals surface area contributed by atoms with Gasteiger partial charge in [0.1, 0.15) is 12.3 Å². The Hall–Kier alpha value is -1.28. The largest absolute Gasteiger partial charge is 0.443 e. The number of halogens is 2. The molecule has 0 radical (unpaired) electrons. The average Bonchev–Trinajstić information content (AvgIpc) is 3.02. The molecule has 2 rings (SSSR count). The molecule has 2 N–H and O–H groups in total. The topological polar surface area (TPSA) is 62.5 Å². The summed E-state index contributed by atoms with van der Waals surface area (Å²) in [5.74, 6) is 2.20. The van der Waals surface area contributed by atoms with Crippen molar-refractivity contribution in [2.24, 2.45) is 4.99 Å². The highest BCUT2D eigenvalue weighted by molar-refractivity contribution is 14.0. The van der Waals surface area contributed by atoms with Gasteiger partial charge in [-0.3, -0.25) is 0 Å². The van der Waals surface area contributed by atoms with Crippen LogP contribution in [0.2, 0.25) is 5.02 Å². The van der Waals surface area contributed by atoms with Gasteiger partial charge in [-0.05, 0) is 31.5 Å². The van der Waals surface area contributed by atoms with Crippen molar-refractivity contribution >= 4 is 41.5 Å². The number of nitrogens with one attached hydrogen (secondary N) is 2. The van der Waals surface area contributed by atoms with Crippen molar-refractivity contribution in [3.63, 3.8) is 0 Å². The van der Waals surface area contributed by atoms with Crippen molar-refractivity contribution in [1.82, 2.24) is 15.6 Å². The third kappa shape index (κ3) is 6.79. The fraction of sp³-hybridized carbons (Fsp3) is 0.474. The first-order chi connectivity index (χ1) is 11.8. The molecule has 1 aromatic heterocycles. The zero-order valence-electron chi connectivity index (χ0n) is 16.0. The molecule has 0 saturated heterocycles. The van der Waals surface area contributed by atoms with Gasteiger partial charge < -0.3 is 15.1 Å². The Morgan fingerprint density at radius 1 is 1.27 bits per heavy atom. The van der Waals surface area contributed by atoms with Gasteiger partial charge in [0.15, 0.2) is 5.96 Å². The standard InChI is InChI=1S/C19H27ClN4O.HI/c1-6-21-18(24-13(2)14-7-9-15(20)10-8-14)23-12-17-22-11-16(25-17)19(3,4)5;/h7-11,13H,6,12H2,1-5H3,(H2,21,23,24);1H. The lowest BCUT2D eigenvalue weighted by molar-refractivity contribution is 0.383. The summed E-state index contributed by atoms with van der Waals surface area (Å²) in [5, 5.41) is 7.36. The third-order valence-corrected chi connectivity index (χ3v) is 3.98. The monoisotopic (exact) mass is 490 g/mol. The molecule has 5 nitrogen and oxygen atoms in total. The maximum absolute atomic E-state index is 5.95. The zero-order valence-corrected chi connectivity index (χ0v) is 19.1. The molecule has 1 unspecified atom stereocenters. The highest BCUT2D eigenvalue weighted by Gasteiger charge is 2.19. The van der Waals surface area contributed by atoms with Gasteiger partial charge in [0.05, 0.1) is 12.2 Å². The minimum Gasteiger partial charge on any atom is -0.443 e. The minimum absolute atomic E-state index is 0. The van der Waals surface area contributed by atoms with Crippen LogP contribution in [-0.4, -0.2) is 17.5 Å². The maximum Gasteiger partial charge on any atom is 0.216 e. The Balaban J connectivity index is 0.00000338. The molecule has 0 bridgehead atoms. The van der Waals surface area contributed by atoms with Crippen molar-refractivity contribution in [2.45, 2.75) is 52.6 Å². The minimum atomic E-state index is -0.0548. The van der Waals surface area contributed by atoms with Crippen LogP contribution in [0.1, 0.15) is 57.9 Å². The first-order valence-electron chi connectivity index (χ1n) is 8.55. The smallest absolute Gasteiger partial charge is 0.216 e.